The molecule has 1 aliphatic rings. The first-order valence-electron chi connectivity index (χ1n) is 10.3. The number of hydrogen-bond donors (Lipinski definition) is 1. The van der Waals surface area contributed by atoms with Crippen LogP contribution in [0.25, 0.3) is 5.69 Å². The van der Waals surface area contributed by atoms with Crippen molar-refractivity contribution in [2.24, 2.45) is 0 Å². The van der Waals surface area contributed by atoms with E-state index in [-0.39, 0.29) is 16.6 Å². The number of benzene rings is 2. The number of hydrogen-bond acceptors (Lipinski definition) is 8. The van der Waals surface area contributed by atoms with Crippen LogP contribution < -0.4 is 5.32 Å². The lowest BCUT2D eigenvalue weighted by atomic mass is 10.1. The lowest BCUT2D eigenvalue weighted by Crippen LogP contribution is -2.40. The molecule has 0 bridgehead atoms. The number of nitrogens with one attached hydrogen (secondary N) is 1. The Morgan fingerprint density at radius 2 is 1.94 bits per heavy atom. The van der Waals surface area contributed by atoms with E-state index in [1.807, 2.05) is 32.0 Å². The Bertz CT molecular complexity index is 1260. The maximum absolute atomic E-state index is 12.9. The molecule has 0 saturated carbocycles. The summed E-state index contributed by atoms with van der Waals surface area (Å²) >= 11 is 1.20. The Morgan fingerprint density at radius 3 is 2.70 bits per heavy atom. The number of rotatable bonds is 7. The number of amides is 1. The third-order valence-corrected chi connectivity index (χ3v) is 7.89. The fourth-order valence-corrected chi connectivity index (χ4v) is 5.60. The van der Waals surface area contributed by atoms with E-state index >= 15 is 0 Å². The fraction of sp³-hybridized carbons (Fsp3) is 0.333. The Hall–Kier alpha value is -2.80. The molecule has 1 N–H and O–H groups in total. The van der Waals surface area contributed by atoms with Gasteiger partial charge in [0.1, 0.15) is 0 Å². The maximum Gasteiger partial charge on any atom is 0.243 e. The molecule has 0 aliphatic carbocycles. The molecule has 3 aromatic rings. The highest BCUT2D eigenvalue weighted by Crippen LogP contribution is 2.23. The highest BCUT2D eigenvalue weighted by molar-refractivity contribution is 7.99. The zero-order valence-corrected chi connectivity index (χ0v) is 19.9. The van der Waals surface area contributed by atoms with Crippen LogP contribution >= 0.6 is 11.8 Å². The molecule has 1 fully saturated rings. The van der Waals surface area contributed by atoms with Crippen molar-refractivity contribution in [2.75, 3.05) is 37.4 Å². The predicted molar refractivity (Wildman–Crippen MR) is 124 cm³/mol. The number of carbonyl (C=O) groups is 1. The third kappa shape index (κ3) is 5.41. The number of aromatic nitrogens is 4. The van der Waals surface area contributed by atoms with Crippen molar-refractivity contribution in [3.8, 4) is 5.69 Å². The molecule has 0 radical (unpaired) electrons. The minimum Gasteiger partial charge on any atom is -0.379 e. The Morgan fingerprint density at radius 1 is 1.15 bits per heavy atom. The van der Waals surface area contributed by atoms with Crippen LogP contribution in [0.2, 0.25) is 0 Å². The zero-order chi connectivity index (χ0) is 23.4. The van der Waals surface area contributed by atoms with Crippen LogP contribution in [0, 0.1) is 13.8 Å². The molecule has 1 amide bonds. The number of nitrogens with zero attached hydrogens (tertiary/aromatic N) is 5. The second-order valence-electron chi connectivity index (χ2n) is 7.54. The smallest absolute Gasteiger partial charge is 0.243 e. The molecule has 174 valence electrons. The largest absolute Gasteiger partial charge is 0.379 e. The summed E-state index contributed by atoms with van der Waals surface area (Å²) in [5, 5.41) is 15.0. The van der Waals surface area contributed by atoms with E-state index in [2.05, 4.69) is 20.8 Å². The van der Waals surface area contributed by atoms with Gasteiger partial charge in [0, 0.05) is 18.8 Å². The molecule has 1 aromatic heterocycles. The number of carbonyl (C=O) groups excluding carboxylic acids is 1. The van der Waals surface area contributed by atoms with E-state index in [9.17, 15) is 13.2 Å². The van der Waals surface area contributed by atoms with E-state index < -0.39 is 10.0 Å². The molecule has 10 nitrogen and oxygen atoms in total. The Kier molecular flexibility index (Phi) is 7.08. The quantitative estimate of drug-likeness (QED) is 0.502. The van der Waals surface area contributed by atoms with Crippen molar-refractivity contribution < 1.29 is 17.9 Å². The summed E-state index contributed by atoms with van der Waals surface area (Å²) in [5.74, 6) is -0.234. The second-order valence-corrected chi connectivity index (χ2v) is 10.4. The topological polar surface area (TPSA) is 119 Å². The van der Waals surface area contributed by atoms with Gasteiger partial charge in [-0.25, -0.2) is 8.42 Å². The SMILES string of the molecule is Cc1ccc(-n2nnnc2SCC(=O)Nc2cccc(S(=O)(=O)N3CCOCC3)c2)c(C)c1. The monoisotopic (exact) mass is 488 g/mol. The summed E-state index contributed by atoms with van der Waals surface area (Å²) in [5.41, 5.74) is 3.40. The van der Waals surface area contributed by atoms with Gasteiger partial charge in [-0.15, -0.1) is 5.10 Å². The van der Waals surface area contributed by atoms with Crippen LogP contribution in [0.3, 0.4) is 0 Å². The van der Waals surface area contributed by atoms with Crippen molar-refractivity contribution in [1.29, 1.82) is 0 Å². The number of aryl methyl sites for hydroxylation is 2. The summed E-state index contributed by atoms with van der Waals surface area (Å²) in [7, 11) is -3.64. The fourth-order valence-electron chi connectivity index (χ4n) is 3.46. The van der Waals surface area contributed by atoms with Crippen LogP contribution in [-0.2, 0) is 19.6 Å². The van der Waals surface area contributed by atoms with Gasteiger partial charge in [0.25, 0.3) is 0 Å². The minimum atomic E-state index is -3.64. The van der Waals surface area contributed by atoms with Gasteiger partial charge >= 0.3 is 0 Å². The molecular formula is C21H24N6O4S2. The Labute approximate surface area is 196 Å². The highest BCUT2D eigenvalue weighted by Gasteiger charge is 2.26. The molecule has 0 atom stereocenters. The van der Waals surface area contributed by atoms with E-state index in [0.717, 1.165) is 16.8 Å². The normalized spacial score (nSPS) is 14.8. The number of tetrazole rings is 1. The lowest BCUT2D eigenvalue weighted by Gasteiger charge is -2.26. The van der Waals surface area contributed by atoms with Crippen LogP contribution in [0.15, 0.2) is 52.5 Å². The summed E-state index contributed by atoms with van der Waals surface area (Å²) in [6, 6.07) is 12.2. The number of anilines is 1. The number of sulfonamides is 1. The van der Waals surface area contributed by atoms with Crippen LogP contribution in [0.4, 0.5) is 5.69 Å². The van der Waals surface area contributed by atoms with Crippen LogP contribution in [-0.4, -0.2) is 70.9 Å². The molecule has 0 unspecified atom stereocenters. The molecular weight excluding hydrogens is 464 g/mol. The van der Waals surface area contributed by atoms with Crippen LogP contribution in [0.1, 0.15) is 11.1 Å². The van der Waals surface area contributed by atoms with Crippen molar-refractivity contribution in [3.05, 3.63) is 53.6 Å². The van der Waals surface area contributed by atoms with E-state index in [1.165, 1.54) is 28.2 Å². The first-order chi connectivity index (χ1) is 15.8. The summed E-state index contributed by atoms with van der Waals surface area (Å²) in [6.45, 7) is 5.35. The molecule has 0 spiro atoms. The van der Waals surface area contributed by atoms with Gasteiger partial charge < -0.3 is 10.1 Å². The zero-order valence-electron chi connectivity index (χ0n) is 18.3. The molecule has 33 heavy (non-hydrogen) atoms. The molecule has 2 heterocycles. The predicted octanol–water partition coefficient (Wildman–Crippen LogP) is 2.03. The first-order valence-corrected chi connectivity index (χ1v) is 12.7. The maximum atomic E-state index is 12.9. The summed E-state index contributed by atoms with van der Waals surface area (Å²) in [6.07, 6.45) is 0. The molecule has 12 heteroatoms. The molecule has 4 rings (SSSR count). The van der Waals surface area contributed by atoms with Crippen molar-refractivity contribution in [1.82, 2.24) is 24.5 Å². The van der Waals surface area contributed by atoms with Crippen molar-refractivity contribution in [3.63, 3.8) is 0 Å². The van der Waals surface area contributed by atoms with E-state index in [1.54, 1.807) is 16.8 Å². The average Bonchev–Trinajstić information content (AvgIpc) is 3.27. The van der Waals surface area contributed by atoms with Gasteiger partial charge in [-0.1, -0.05) is 35.5 Å². The van der Waals surface area contributed by atoms with Gasteiger partial charge in [0.05, 0.1) is 29.5 Å². The molecule has 1 saturated heterocycles. The van der Waals surface area contributed by atoms with Gasteiger partial charge in [0.2, 0.25) is 21.1 Å². The van der Waals surface area contributed by atoms with Gasteiger partial charge in [-0.3, -0.25) is 4.79 Å². The summed E-state index contributed by atoms with van der Waals surface area (Å²) in [4.78, 5) is 12.7. The van der Waals surface area contributed by atoms with Crippen molar-refractivity contribution in [2.45, 2.75) is 23.9 Å². The van der Waals surface area contributed by atoms with E-state index in [0.29, 0.717) is 37.1 Å². The first kappa shape index (κ1) is 23.4. The molecule has 2 aromatic carbocycles. The van der Waals surface area contributed by atoms with Crippen LogP contribution in [0.5, 0.6) is 0 Å². The molecule has 1 aliphatic heterocycles. The highest BCUT2D eigenvalue weighted by atomic mass is 32.2. The standard InChI is InChI=1S/C21H24N6O4S2/c1-15-6-7-19(16(2)12-15)27-21(23-24-25-27)32-14-20(28)22-17-4-3-5-18(13-17)33(29,30)26-8-10-31-11-9-26/h3-7,12-13H,8-11,14H2,1-2H3,(H,22,28). The second kappa shape index (κ2) is 10.00. The third-order valence-electron chi connectivity index (χ3n) is 5.08. The average molecular weight is 489 g/mol. The Balaban J connectivity index is 1.42. The number of ether oxygens (including phenoxy) is 1. The minimum absolute atomic E-state index is 0.0612. The number of thioether (sulfide) groups is 1. The summed E-state index contributed by atoms with van der Waals surface area (Å²) < 4.78 is 33.9. The van der Waals surface area contributed by atoms with Gasteiger partial charge in [-0.2, -0.15) is 8.99 Å². The van der Waals surface area contributed by atoms with Gasteiger partial charge in [-0.05, 0) is 54.1 Å². The van der Waals surface area contributed by atoms with E-state index in [4.69, 9.17) is 4.74 Å². The lowest BCUT2D eigenvalue weighted by molar-refractivity contribution is -0.113. The van der Waals surface area contributed by atoms with Crippen molar-refractivity contribution >= 4 is 33.4 Å². The number of morpholine rings is 1. The van der Waals surface area contributed by atoms with Gasteiger partial charge in [0.15, 0.2) is 0 Å².